The summed E-state index contributed by atoms with van der Waals surface area (Å²) in [7, 11) is -3.81. The van der Waals surface area contributed by atoms with E-state index in [1.165, 1.54) is 12.1 Å². The van der Waals surface area contributed by atoms with Gasteiger partial charge in [0.1, 0.15) is 0 Å². The van der Waals surface area contributed by atoms with Crippen LogP contribution < -0.4 is 0 Å². The fraction of sp³-hybridized carbons (Fsp3) is 0.429. The van der Waals surface area contributed by atoms with Crippen LogP contribution in [0.2, 0.25) is 0 Å². The normalized spacial score (nSPS) is 29.0. The summed E-state index contributed by atoms with van der Waals surface area (Å²) < 4.78 is 25.2. The number of carboxylic acids is 2. The highest BCUT2D eigenvalue weighted by atomic mass is 35.5. The summed E-state index contributed by atoms with van der Waals surface area (Å²) in [6, 6.07) is 7.62. The van der Waals surface area contributed by atoms with E-state index in [4.69, 9.17) is 16.7 Å². The Bertz CT molecular complexity index is 672. The molecule has 4 atom stereocenters. The van der Waals surface area contributed by atoms with Crippen LogP contribution in [-0.2, 0) is 19.4 Å². The molecule has 0 aromatic heterocycles. The van der Waals surface area contributed by atoms with E-state index in [2.05, 4.69) is 0 Å². The first-order valence-corrected chi connectivity index (χ1v) is 8.62. The number of sulfone groups is 1. The van der Waals surface area contributed by atoms with Crippen molar-refractivity contribution in [3.05, 3.63) is 30.3 Å². The predicted octanol–water partition coefficient (Wildman–Crippen LogP) is 1.63. The van der Waals surface area contributed by atoms with Gasteiger partial charge in [-0.2, -0.15) is 0 Å². The first-order valence-electron chi connectivity index (χ1n) is 6.63. The van der Waals surface area contributed by atoms with Crippen molar-refractivity contribution >= 4 is 33.4 Å². The zero-order valence-electron chi connectivity index (χ0n) is 11.4. The van der Waals surface area contributed by atoms with Crippen LogP contribution in [-0.4, -0.2) is 41.2 Å². The molecule has 6 nitrogen and oxygen atoms in total. The van der Waals surface area contributed by atoms with Crippen LogP contribution in [0, 0.1) is 11.8 Å². The Morgan fingerprint density at radius 1 is 1.00 bits per heavy atom. The summed E-state index contributed by atoms with van der Waals surface area (Å²) in [6.45, 7) is 0. The summed E-state index contributed by atoms with van der Waals surface area (Å²) in [4.78, 5) is 22.5. The van der Waals surface area contributed by atoms with E-state index in [0.29, 0.717) is 0 Å². The van der Waals surface area contributed by atoms with Gasteiger partial charge in [-0.3, -0.25) is 9.59 Å². The zero-order valence-corrected chi connectivity index (χ0v) is 13.0. The number of carboxylic acid groups (broad SMARTS) is 2. The number of rotatable bonds is 4. The minimum absolute atomic E-state index is 0.0589. The number of carbonyl (C=O) groups is 2. The van der Waals surface area contributed by atoms with E-state index < -0.39 is 44.2 Å². The molecule has 0 aliphatic heterocycles. The first-order chi connectivity index (χ1) is 10.2. The van der Waals surface area contributed by atoms with Crippen molar-refractivity contribution in [3.63, 3.8) is 0 Å². The molecule has 0 saturated heterocycles. The van der Waals surface area contributed by atoms with Crippen LogP contribution in [0.15, 0.2) is 35.2 Å². The number of benzene rings is 1. The van der Waals surface area contributed by atoms with Gasteiger partial charge in [-0.05, 0) is 25.0 Å². The third kappa shape index (κ3) is 3.10. The number of halogens is 1. The minimum Gasteiger partial charge on any atom is -0.481 e. The van der Waals surface area contributed by atoms with E-state index >= 15 is 0 Å². The molecule has 1 aromatic carbocycles. The molecule has 2 N–H and O–H groups in total. The molecule has 0 unspecified atom stereocenters. The molecular weight excluding hydrogens is 332 g/mol. The zero-order chi connectivity index (χ0) is 16.5. The lowest BCUT2D eigenvalue weighted by Gasteiger charge is -2.34. The molecule has 120 valence electrons. The molecule has 0 radical (unpaired) electrons. The topological polar surface area (TPSA) is 109 Å². The highest BCUT2D eigenvalue weighted by molar-refractivity contribution is 7.92. The van der Waals surface area contributed by atoms with E-state index in [0.717, 1.165) is 0 Å². The smallest absolute Gasteiger partial charge is 0.307 e. The van der Waals surface area contributed by atoms with Gasteiger partial charge in [0.2, 0.25) is 0 Å². The second kappa shape index (κ2) is 6.26. The second-order valence-corrected chi connectivity index (χ2v) is 8.00. The molecular formula is C14H15ClO6S. The minimum atomic E-state index is -3.81. The summed E-state index contributed by atoms with van der Waals surface area (Å²) in [6.07, 6.45) is -0.498. The maximum absolute atomic E-state index is 12.6. The van der Waals surface area contributed by atoms with Crippen LogP contribution in [0.4, 0.5) is 0 Å². The van der Waals surface area contributed by atoms with Crippen molar-refractivity contribution in [2.45, 2.75) is 28.4 Å². The van der Waals surface area contributed by atoms with Gasteiger partial charge >= 0.3 is 11.9 Å². The fourth-order valence-corrected chi connectivity index (χ4v) is 5.32. The Labute approximate surface area is 132 Å². The summed E-state index contributed by atoms with van der Waals surface area (Å²) in [5.74, 6) is -5.03. The number of hydrogen-bond acceptors (Lipinski definition) is 4. The monoisotopic (exact) mass is 346 g/mol. The average molecular weight is 347 g/mol. The average Bonchev–Trinajstić information content (AvgIpc) is 2.47. The summed E-state index contributed by atoms with van der Waals surface area (Å²) in [5.41, 5.74) is 0. The maximum Gasteiger partial charge on any atom is 0.307 e. The van der Waals surface area contributed by atoms with Crippen LogP contribution in [0.5, 0.6) is 0 Å². The summed E-state index contributed by atoms with van der Waals surface area (Å²) >= 11 is 6.09. The quantitative estimate of drug-likeness (QED) is 0.802. The van der Waals surface area contributed by atoms with E-state index in [1.807, 2.05) is 0 Å². The van der Waals surface area contributed by atoms with Gasteiger partial charge in [0.15, 0.2) is 9.84 Å². The lowest BCUT2D eigenvalue weighted by Crippen LogP contribution is -2.46. The maximum atomic E-state index is 12.6. The molecule has 0 spiro atoms. The Hall–Kier alpha value is -1.60. The second-order valence-electron chi connectivity index (χ2n) is 5.27. The van der Waals surface area contributed by atoms with Gasteiger partial charge in [0.05, 0.1) is 27.4 Å². The number of alkyl halides is 1. The fourth-order valence-electron chi connectivity index (χ4n) is 2.77. The van der Waals surface area contributed by atoms with Gasteiger partial charge in [-0.15, -0.1) is 11.6 Å². The molecule has 8 heteroatoms. The lowest BCUT2D eigenvalue weighted by atomic mass is 9.79. The Morgan fingerprint density at radius 3 is 2.00 bits per heavy atom. The van der Waals surface area contributed by atoms with E-state index in [9.17, 15) is 23.1 Å². The molecule has 1 aliphatic rings. The van der Waals surface area contributed by atoms with Gasteiger partial charge < -0.3 is 10.2 Å². The van der Waals surface area contributed by atoms with E-state index in [1.54, 1.807) is 18.2 Å². The summed E-state index contributed by atoms with van der Waals surface area (Å²) in [5, 5.41) is 16.2. The van der Waals surface area contributed by atoms with Crippen LogP contribution >= 0.6 is 11.6 Å². The first kappa shape index (κ1) is 16.8. The van der Waals surface area contributed by atoms with Gasteiger partial charge in [-0.25, -0.2) is 8.42 Å². The highest BCUT2D eigenvalue weighted by Crippen LogP contribution is 2.39. The van der Waals surface area contributed by atoms with E-state index in [-0.39, 0.29) is 17.7 Å². The third-order valence-corrected chi connectivity index (χ3v) is 6.84. The van der Waals surface area contributed by atoms with Crippen molar-refractivity contribution in [2.75, 3.05) is 0 Å². The predicted molar refractivity (Wildman–Crippen MR) is 78.5 cm³/mol. The molecule has 22 heavy (non-hydrogen) atoms. The number of hydrogen-bond donors (Lipinski definition) is 2. The Kier molecular flexibility index (Phi) is 4.77. The molecule has 1 fully saturated rings. The van der Waals surface area contributed by atoms with Crippen molar-refractivity contribution in [2.24, 2.45) is 11.8 Å². The van der Waals surface area contributed by atoms with Gasteiger partial charge in [0.25, 0.3) is 0 Å². The van der Waals surface area contributed by atoms with Crippen molar-refractivity contribution in [1.82, 2.24) is 0 Å². The molecule has 1 aromatic rings. The Balaban J connectivity index is 2.36. The highest BCUT2D eigenvalue weighted by Gasteiger charge is 2.48. The standard InChI is InChI=1S/C14H15ClO6S/c15-11-6-9(13(16)17)10(14(18)19)7-12(11)22(20,21)8-4-2-1-3-5-8/h1-5,9-12H,6-7H2,(H,16,17)(H,18,19)/t9-,10+,11-,12-/m0/s1. The Morgan fingerprint density at radius 2 is 1.50 bits per heavy atom. The van der Waals surface area contributed by atoms with Crippen LogP contribution in [0.3, 0.4) is 0 Å². The van der Waals surface area contributed by atoms with Crippen molar-refractivity contribution in [3.8, 4) is 0 Å². The third-order valence-electron chi connectivity index (χ3n) is 3.96. The lowest BCUT2D eigenvalue weighted by molar-refractivity contribution is -0.155. The van der Waals surface area contributed by atoms with Crippen LogP contribution in [0.25, 0.3) is 0 Å². The molecule has 0 amide bonds. The van der Waals surface area contributed by atoms with Crippen molar-refractivity contribution in [1.29, 1.82) is 0 Å². The molecule has 1 saturated carbocycles. The van der Waals surface area contributed by atoms with Gasteiger partial charge in [-0.1, -0.05) is 18.2 Å². The number of aliphatic carboxylic acids is 2. The van der Waals surface area contributed by atoms with Gasteiger partial charge in [0, 0.05) is 0 Å². The molecule has 0 heterocycles. The van der Waals surface area contributed by atoms with Crippen LogP contribution in [0.1, 0.15) is 12.8 Å². The molecule has 1 aliphatic carbocycles. The largest absolute Gasteiger partial charge is 0.481 e. The molecule has 2 rings (SSSR count). The SMILES string of the molecule is O=C(O)[C@H]1C[C@H](Cl)[C@@H](S(=O)(=O)c2ccccc2)C[C@H]1C(=O)O. The van der Waals surface area contributed by atoms with Crippen molar-refractivity contribution < 1.29 is 28.2 Å². The molecule has 0 bridgehead atoms.